The van der Waals surface area contributed by atoms with Crippen LogP contribution in [-0.4, -0.2) is 21.0 Å². The number of nitrogens with zero attached hydrogens (tertiary/aromatic N) is 2. The molecule has 0 spiro atoms. The lowest BCUT2D eigenvalue weighted by atomic mass is 10.0. The number of aromatic amines is 1. The van der Waals surface area contributed by atoms with Gasteiger partial charge in [0.15, 0.2) is 5.78 Å². The second-order valence-electron chi connectivity index (χ2n) is 6.46. The Kier molecular flexibility index (Phi) is 4.66. The molecule has 0 saturated heterocycles. The molecule has 0 radical (unpaired) electrons. The molecule has 0 aliphatic carbocycles. The van der Waals surface area contributed by atoms with Crippen LogP contribution in [0.15, 0.2) is 66.9 Å². The van der Waals surface area contributed by atoms with Crippen LogP contribution in [0.4, 0.5) is 0 Å². The highest BCUT2D eigenvalue weighted by Gasteiger charge is 2.15. The van der Waals surface area contributed by atoms with Crippen molar-refractivity contribution in [1.82, 2.24) is 15.2 Å². The number of carbonyl (C=O) groups is 1. The average Bonchev–Trinajstić information content (AvgIpc) is 3.14. The molecule has 134 valence electrons. The van der Waals surface area contributed by atoms with Gasteiger partial charge in [-0.1, -0.05) is 36.4 Å². The van der Waals surface area contributed by atoms with Gasteiger partial charge in [0.25, 0.3) is 0 Å². The first-order valence-corrected chi connectivity index (χ1v) is 8.78. The standard InChI is InChI=1S/C22H19N3O2/c1-15-6-5-9-19(24-15)21(26)11-17-10-18-13-23-25-20(18)12-22(17)27-14-16-7-3-2-4-8-16/h2-10,12-13H,11,14H2,1H3,(H,23,25). The fourth-order valence-electron chi connectivity index (χ4n) is 2.99. The van der Waals surface area contributed by atoms with E-state index in [-0.39, 0.29) is 12.2 Å². The van der Waals surface area contributed by atoms with Crippen molar-refractivity contribution in [2.45, 2.75) is 20.0 Å². The molecule has 0 fully saturated rings. The number of nitrogens with one attached hydrogen (secondary N) is 1. The number of hydrogen-bond donors (Lipinski definition) is 1. The van der Waals surface area contributed by atoms with E-state index in [2.05, 4.69) is 15.2 Å². The van der Waals surface area contributed by atoms with Crippen molar-refractivity contribution in [2.24, 2.45) is 0 Å². The monoisotopic (exact) mass is 357 g/mol. The molecule has 5 nitrogen and oxygen atoms in total. The number of H-pyrrole nitrogens is 1. The van der Waals surface area contributed by atoms with E-state index < -0.39 is 0 Å². The third-order valence-corrected chi connectivity index (χ3v) is 4.38. The third kappa shape index (κ3) is 3.87. The topological polar surface area (TPSA) is 67.9 Å². The number of benzene rings is 2. The van der Waals surface area contributed by atoms with E-state index in [0.29, 0.717) is 18.1 Å². The number of Topliss-reactive ketones (excluding diaryl/α,β-unsaturated/α-hetero) is 1. The van der Waals surface area contributed by atoms with Crippen molar-refractivity contribution in [3.05, 3.63) is 89.4 Å². The highest BCUT2D eigenvalue weighted by atomic mass is 16.5. The fourth-order valence-corrected chi connectivity index (χ4v) is 2.99. The molecule has 2 heterocycles. The van der Waals surface area contributed by atoms with Gasteiger partial charge in [-0.2, -0.15) is 5.10 Å². The van der Waals surface area contributed by atoms with Gasteiger partial charge in [-0.05, 0) is 30.7 Å². The van der Waals surface area contributed by atoms with Crippen LogP contribution in [0, 0.1) is 6.92 Å². The van der Waals surface area contributed by atoms with Crippen molar-refractivity contribution < 1.29 is 9.53 Å². The Balaban J connectivity index is 1.62. The van der Waals surface area contributed by atoms with E-state index in [4.69, 9.17) is 4.74 Å². The molecule has 5 heteroatoms. The van der Waals surface area contributed by atoms with Crippen molar-refractivity contribution >= 4 is 16.7 Å². The number of ketones is 1. The normalized spacial score (nSPS) is 10.9. The number of carbonyl (C=O) groups excluding carboxylic acids is 1. The molecule has 2 aromatic heterocycles. The zero-order valence-corrected chi connectivity index (χ0v) is 15.0. The Hall–Kier alpha value is -3.47. The summed E-state index contributed by atoms with van der Waals surface area (Å²) in [6, 6.07) is 19.3. The van der Waals surface area contributed by atoms with Crippen molar-refractivity contribution in [3.63, 3.8) is 0 Å². The summed E-state index contributed by atoms with van der Waals surface area (Å²) in [7, 11) is 0. The second kappa shape index (κ2) is 7.41. The predicted octanol–water partition coefficient (Wildman–Crippen LogP) is 4.27. The van der Waals surface area contributed by atoms with Gasteiger partial charge in [0.2, 0.25) is 0 Å². The number of rotatable bonds is 6. The van der Waals surface area contributed by atoms with Gasteiger partial charge in [-0.15, -0.1) is 0 Å². The molecule has 0 atom stereocenters. The quantitative estimate of drug-likeness (QED) is 0.523. The lowest BCUT2D eigenvalue weighted by Gasteiger charge is -2.12. The second-order valence-corrected chi connectivity index (χ2v) is 6.46. The minimum atomic E-state index is -0.0360. The number of aromatic nitrogens is 3. The number of fused-ring (bicyclic) bond motifs is 1. The van der Waals surface area contributed by atoms with Crippen molar-refractivity contribution in [1.29, 1.82) is 0 Å². The first-order chi connectivity index (χ1) is 13.2. The van der Waals surface area contributed by atoms with Crippen LogP contribution in [0.5, 0.6) is 5.75 Å². The highest BCUT2D eigenvalue weighted by molar-refractivity contribution is 5.97. The van der Waals surface area contributed by atoms with E-state index in [9.17, 15) is 4.79 Å². The molecule has 2 aromatic carbocycles. The molecule has 0 aliphatic rings. The van der Waals surface area contributed by atoms with Crippen molar-refractivity contribution in [3.8, 4) is 5.75 Å². The Morgan fingerprint density at radius 3 is 2.74 bits per heavy atom. The van der Waals surface area contributed by atoms with E-state index in [0.717, 1.165) is 27.7 Å². The van der Waals surface area contributed by atoms with Crippen LogP contribution in [0.3, 0.4) is 0 Å². The lowest BCUT2D eigenvalue weighted by molar-refractivity contribution is 0.0987. The summed E-state index contributed by atoms with van der Waals surface area (Å²) < 4.78 is 6.04. The van der Waals surface area contributed by atoms with Crippen LogP contribution in [0.2, 0.25) is 0 Å². The molecule has 0 saturated carbocycles. The summed E-state index contributed by atoms with van der Waals surface area (Å²) in [4.78, 5) is 17.1. The Morgan fingerprint density at radius 1 is 1.07 bits per heavy atom. The maximum atomic E-state index is 12.7. The van der Waals surface area contributed by atoms with E-state index in [1.165, 1.54) is 0 Å². The van der Waals surface area contributed by atoms with Gasteiger partial charge in [-0.25, -0.2) is 0 Å². The van der Waals surface area contributed by atoms with Gasteiger partial charge in [0, 0.05) is 29.1 Å². The average molecular weight is 357 g/mol. The van der Waals surface area contributed by atoms with Crippen LogP contribution in [0.1, 0.15) is 27.3 Å². The minimum absolute atomic E-state index is 0.0360. The third-order valence-electron chi connectivity index (χ3n) is 4.38. The zero-order valence-electron chi connectivity index (χ0n) is 15.0. The Morgan fingerprint density at radius 2 is 1.93 bits per heavy atom. The molecule has 1 N–H and O–H groups in total. The fraction of sp³-hybridized carbons (Fsp3) is 0.136. The molecular weight excluding hydrogens is 338 g/mol. The van der Waals surface area contributed by atoms with Gasteiger partial charge >= 0.3 is 0 Å². The summed E-state index contributed by atoms with van der Waals surface area (Å²) in [5.74, 6) is 0.641. The Bertz CT molecular complexity index is 1090. The smallest absolute Gasteiger partial charge is 0.185 e. The summed E-state index contributed by atoms with van der Waals surface area (Å²) in [5, 5.41) is 7.97. The molecular formula is C22H19N3O2. The van der Waals surface area contributed by atoms with Gasteiger partial charge in [-0.3, -0.25) is 14.9 Å². The van der Waals surface area contributed by atoms with Gasteiger partial charge in [0.1, 0.15) is 18.1 Å². The number of pyridine rings is 1. The molecule has 0 bridgehead atoms. The Labute approximate surface area is 157 Å². The number of ether oxygens (including phenoxy) is 1. The van der Waals surface area contributed by atoms with Gasteiger partial charge in [0.05, 0.1) is 11.7 Å². The molecule has 4 rings (SSSR count). The number of hydrogen-bond acceptors (Lipinski definition) is 4. The summed E-state index contributed by atoms with van der Waals surface area (Å²) >= 11 is 0. The molecule has 0 amide bonds. The highest BCUT2D eigenvalue weighted by Crippen LogP contribution is 2.27. The van der Waals surface area contributed by atoms with Crippen LogP contribution in [0.25, 0.3) is 10.9 Å². The van der Waals surface area contributed by atoms with Crippen LogP contribution >= 0.6 is 0 Å². The van der Waals surface area contributed by atoms with Crippen molar-refractivity contribution in [2.75, 3.05) is 0 Å². The van der Waals surface area contributed by atoms with E-state index in [1.54, 1.807) is 12.3 Å². The number of aryl methyl sites for hydroxylation is 1. The van der Waals surface area contributed by atoms with Crippen LogP contribution < -0.4 is 4.74 Å². The van der Waals surface area contributed by atoms with Gasteiger partial charge < -0.3 is 4.74 Å². The molecule has 4 aromatic rings. The van der Waals surface area contributed by atoms with E-state index >= 15 is 0 Å². The first-order valence-electron chi connectivity index (χ1n) is 8.78. The minimum Gasteiger partial charge on any atom is -0.489 e. The SMILES string of the molecule is Cc1cccc(C(=O)Cc2cc3cn[nH]c3cc2OCc2ccccc2)n1. The predicted molar refractivity (Wildman–Crippen MR) is 104 cm³/mol. The lowest BCUT2D eigenvalue weighted by Crippen LogP contribution is -2.08. The molecule has 27 heavy (non-hydrogen) atoms. The maximum Gasteiger partial charge on any atom is 0.185 e. The van der Waals surface area contributed by atoms with E-state index in [1.807, 2.05) is 61.5 Å². The largest absolute Gasteiger partial charge is 0.489 e. The first kappa shape index (κ1) is 17.0. The van der Waals surface area contributed by atoms with Crippen LogP contribution in [-0.2, 0) is 13.0 Å². The maximum absolute atomic E-state index is 12.7. The summed E-state index contributed by atoms with van der Waals surface area (Å²) in [6.07, 6.45) is 1.97. The summed E-state index contributed by atoms with van der Waals surface area (Å²) in [5.41, 5.74) is 4.07. The summed E-state index contributed by atoms with van der Waals surface area (Å²) in [6.45, 7) is 2.31. The zero-order chi connectivity index (χ0) is 18.6. The molecule has 0 aliphatic heterocycles. The molecule has 0 unspecified atom stereocenters.